The number of aromatic carboxylic acids is 1. The van der Waals surface area contributed by atoms with Crippen LogP contribution in [0.5, 0.6) is 0 Å². The molecule has 0 atom stereocenters. The van der Waals surface area contributed by atoms with E-state index in [-0.39, 0.29) is 22.8 Å². The van der Waals surface area contributed by atoms with Crippen LogP contribution in [-0.4, -0.2) is 27.1 Å². The van der Waals surface area contributed by atoms with E-state index < -0.39 is 12.0 Å². The number of urea groups is 1. The summed E-state index contributed by atoms with van der Waals surface area (Å²) in [7, 11) is 0. The van der Waals surface area contributed by atoms with Gasteiger partial charge in [-0.1, -0.05) is 11.6 Å². The van der Waals surface area contributed by atoms with E-state index in [2.05, 4.69) is 20.6 Å². The van der Waals surface area contributed by atoms with Crippen molar-refractivity contribution in [3.8, 4) is 0 Å². The van der Waals surface area contributed by atoms with Crippen molar-refractivity contribution in [2.24, 2.45) is 0 Å². The van der Waals surface area contributed by atoms with Crippen molar-refractivity contribution in [2.45, 2.75) is 6.54 Å². The SMILES string of the molecule is O=C(NCc1cnc[nH]1)Nc1cc(C(=O)O)ccc1Cl. The van der Waals surface area contributed by atoms with Crippen molar-refractivity contribution >= 4 is 29.3 Å². The minimum absolute atomic E-state index is 0.0401. The molecule has 1 aromatic carbocycles. The Bertz CT molecular complexity index is 628. The number of rotatable bonds is 4. The quantitative estimate of drug-likeness (QED) is 0.692. The Kier molecular flexibility index (Phi) is 4.21. The summed E-state index contributed by atoms with van der Waals surface area (Å²) in [5, 5.41) is 14.2. The first-order valence-corrected chi connectivity index (χ1v) is 5.99. The number of nitrogens with one attached hydrogen (secondary N) is 3. The van der Waals surface area contributed by atoms with Crippen molar-refractivity contribution in [1.29, 1.82) is 0 Å². The molecule has 7 nitrogen and oxygen atoms in total. The number of carbonyl (C=O) groups is 2. The van der Waals surface area contributed by atoms with Crippen LogP contribution in [0.15, 0.2) is 30.7 Å². The van der Waals surface area contributed by atoms with Crippen molar-refractivity contribution in [2.75, 3.05) is 5.32 Å². The number of anilines is 1. The number of carboxylic acids is 1. The molecule has 0 bridgehead atoms. The van der Waals surface area contributed by atoms with Gasteiger partial charge in [-0.05, 0) is 18.2 Å². The van der Waals surface area contributed by atoms with Gasteiger partial charge in [-0.3, -0.25) is 0 Å². The smallest absolute Gasteiger partial charge is 0.335 e. The number of aromatic nitrogens is 2. The summed E-state index contributed by atoms with van der Waals surface area (Å²) >= 11 is 5.89. The van der Waals surface area contributed by atoms with Crippen molar-refractivity contribution in [1.82, 2.24) is 15.3 Å². The predicted molar refractivity (Wildman–Crippen MR) is 72.9 cm³/mol. The number of H-pyrrole nitrogens is 1. The van der Waals surface area contributed by atoms with Gasteiger partial charge >= 0.3 is 12.0 Å². The van der Waals surface area contributed by atoms with E-state index in [1.54, 1.807) is 6.20 Å². The van der Waals surface area contributed by atoms with Crippen LogP contribution in [-0.2, 0) is 6.54 Å². The fourth-order valence-corrected chi connectivity index (χ4v) is 1.64. The number of hydrogen-bond acceptors (Lipinski definition) is 3. The zero-order valence-corrected chi connectivity index (χ0v) is 10.9. The molecule has 0 aliphatic rings. The average Bonchev–Trinajstić information content (AvgIpc) is 2.92. The largest absolute Gasteiger partial charge is 0.478 e. The fraction of sp³-hybridized carbons (Fsp3) is 0.0833. The average molecular weight is 295 g/mol. The number of imidazole rings is 1. The second kappa shape index (κ2) is 6.07. The molecule has 0 spiro atoms. The lowest BCUT2D eigenvalue weighted by atomic mass is 10.2. The van der Waals surface area contributed by atoms with Crippen molar-refractivity contribution in [3.63, 3.8) is 0 Å². The normalized spacial score (nSPS) is 10.1. The third-order valence-corrected chi connectivity index (χ3v) is 2.79. The van der Waals surface area contributed by atoms with Crippen LogP contribution in [0.1, 0.15) is 16.1 Å². The van der Waals surface area contributed by atoms with Gasteiger partial charge in [-0.15, -0.1) is 0 Å². The van der Waals surface area contributed by atoms with E-state index in [1.165, 1.54) is 24.5 Å². The molecule has 20 heavy (non-hydrogen) atoms. The van der Waals surface area contributed by atoms with E-state index >= 15 is 0 Å². The number of carbonyl (C=O) groups excluding carboxylic acids is 1. The Hall–Kier alpha value is -2.54. The number of aromatic amines is 1. The van der Waals surface area contributed by atoms with E-state index in [1.807, 2.05) is 0 Å². The summed E-state index contributed by atoms with van der Waals surface area (Å²) in [4.78, 5) is 29.2. The standard InChI is InChI=1S/C12H11ClN4O3/c13-9-2-1-7(11(18)19)3-10(9)17-12(20)15-5-8-4-14-6-16-8/h1-4,6H,5H2,(H,14,16)(H,18,19)(H2,15,17,20). The molecule has 0 unspecified atom stereocenters. The molecule has 0 aliphatic carbocycles. The molecule has 2 rings (SSSR count). The lowest BCUT2D eigenvalue weighted by molar-refractivity contribution is 0.0697. The Morgan fingerprint density at radius 3 is 2.85 bits per heavy atom. The van der Waals surface area contributed by atoms with Crippen molar-refractivity contribution < 1.29 is 14.7 Å². The maximum Gasteiger partial charge on any atom is 0.335 e. The highest BCUT2D eigenvalue weighted by atomic mass is 35.5. The van der Waals surface area contributed by atoms with Crippen LogP contribution in [0.25, 0.3) is 0 Å². The number of halogens is 1. The van der Waals surface area contributed by atoms with Crippen LogP contribution < -0.4 is 10.6 Å². The molecule has 4 N–H and O–H groups in total. The number of benzene rings is 1. The molecule has 0 saturated carbocycles. The Balaban J connectivity index is 2.00. The molecule has 2 aromatic rings. The number of nitrogens with zero attached hydrogens (tertiary/aromatic N) is 1. The number of hydrogen-bond donors (Lipinski definition) is 4. The molecule has 104 valence electrons. The van der Waals surface area contributed by atoms with Crippen molar-refractivity contribution in [3.05, 3.63) is 47.0 Å². The van der Waals surface area contributed by atoms with Crippen LogP contribution in [0.3, 0.4) is 0 Å². The lowest BCUT2D eigenvalue weighted by Crippen LogP contribution is -2.28. The maximum absolute atomic E-state index is 11.7. The maximum atomic E-state index is 11.7. The van der Waals surface area contributed by atoms with Gasteiger partial charge in [0.25, 0.3) is 0 Å². The summed E-state index contributed by atoms with van der Waals surface area (Å²) in [5.74, 6) is -1.09. The Morgan fingerprint density at radius 2 is 2.20 bits per heavy atom. The van der Waals surface area contributed by atoms with Gasteiger partial charge in [0.1, 0.15) is 0 Å². The highest BCUT2D eigenvalue weighted by Crippen LogP contribution is 2.22. The zero-order valence-electron chi connectivity index (χ0n) is 10.2. The molecule has 1 heterocycles. The highest BCUT2D eigenvalue weighted by molar-refractivity contribution is 6.33. The van der Waals surface area contributed by atoms with Gasteiger partial charge in [-0.2, -0.15) is 0 Å². The zero-order chi connectivity index (χ0) is 14.5. The third-order valence-electron chi connectivity index (χ3n) is 2.46. The fourth-order valence-electron chi connectivity index (χ4n) is 1.48. The van der Waals surface area contributed by atoms with E-state index in [0.29, 0.717) is 0 Å². The van der Waals surface area contributed by atoms with Gasteiger partial charge in [0, 0.05) is 6.20 Å². The summed E-state index contributed by atoms with van der Waals surface area (Å²) in [5.41, 5.74) is 1.01. The molecule has 0 radical (unpaired) electrons. The topological polar surface area (TPSA) is 107 Å². The van der Waals surface area contributed by atoms with Crippen LogP contribution >= 0.6 is 11.6 Å². The summed E-state index contributed by atoms with van der Waals surface area (Å²) < 4.78 is 0. The van der Waals surface area contributed by atoms with Gasteiger partial charge in [0.15, 0.2) is 0 Å². The molecular weight excluding hydrogens is 284 g/mol. The van der Waals surface area contributed by atoms with E-state index in [4.69, 9.17) is 16.7 Å². The molecule has 1 aromatic heterocycles. The van der Waals surface area contributed by atoms with E-state index in [9.17, 15) is 9.59 Å². The predicted octanol–water partition coefficient (Wildman–Crippen LogP) is 2.08. The lowest BCUT2D eigenvalue weighted by Gasteiger charge is -2.09. The minimum Gasteiger partial charge on any atom is -0.478 e. The van der Waals surface area contributed by atoms with Crippen LogP contribution in [0, 0.1) is 0 Å². The van der Waals surface area contributed by atoms with Crippen LogP contribution in [0.2, 0.25) is 5.02 Å². The molecule has 0 aliphatic heterocycles. The van der Waals surface area contributed by atoms with Crippen LogP contribution in [0.4, 0.5) is 10.5 Å². The van der Waals surface area contributed by atoms with Gasteiger partial charge in [0.05, 0.1) is 34.8 Å². The number of amides is 2. The first-order chi connectivity index (χ1) is 9.56. The minimum atomic E-state index is -1.09. The monoisotopic (exact) mass is 294 g/mol. The first-order valence-electron chi connectivity index (χ1n) is 5.61. The molecule has 0 fully saturated rings. The second-order valence-electron chi connectivity index (χ2n) is 3.88. The summed E-state index contributed by atoms with van der Waals surface area (Å²) in [6, 6.07) is 3.57. The highest BCUT2D eigenvalue weighted by Gasteiger charge is 2.10. The third kappa shape index (κ3) is 3.48. The Morgan fingerprint density at radius 1 is 1.40 bits per heavy atom. The van der Waals surface area contributed by atoms with Gasteiger partial charge in [-0.25, -0.2) is 14.6 Å². The first kappa shape index (κ1) is 13.9. The molecule has 2 amide bonds. The second-order valence-corrected chi connectivity index (χ2v) is 4.29. The van der Waals surface area contributed by atoms with Gasteiger partial charge in [0.2, 0.25) is 0 Å². The number of carboxylic acid groups (broad SMARTS) is 1. The molecular formula is C12H11ClN4O3. The van der Waals surface area contributed by atoms with E-state index in [0.717, 1.165) is 5.69 Å². The Labute approximate surface area is 119 Å². The summed E-state index contributed by atoms with van der Waals surface area (Å²) in [6.45, 7) is 0.266. The molecule has 0 saturated heterocycles. The van der Waals surface area contributed by atoms with Gasteiger partial charge < -0.3 is 20.7 Å². The molecule has 8 heteroatoms. The summed E-state index contributed by atoms with van der Waals surface area (Å²) in [6.07, 6.45) is 3.08.